The van der Waals surface area contributed by atoms with Gasteiger partial charge in [0.1, 0.15) is 12.4 Å². The van der Waals surface area contributed by atoms with E-state index in [0.29, 0.717) is 22.4 Å². The lowest BCUT2D eigenvalue weighted by Gasteiger charge is -2.03. The molecule has 0 unspecified atom stereocenters. The number of aromatic amines is 1. The van der Waals surface area contributed by atoms with Crippen LogP contribution >= 0.6 is 0 Å². The number of rotatable bonds is 5. The minimum atomic E-state index is -4.37. The zero-order valence-corrected chi connectivity index (χ0v) is 18.5. The molecular weight excluding hydrogens is 479 g/mol. The summed E-state index contributed by atoms with van der Waals surface area (Å²) in [5, 5.41) is 11.0. The number of aromatic nitrogens is 2. The van der Waals surface area contributed by atoms with Crippen LogP contribution in [0.2, 0.25) is 0 Å². The zero-order chi connectivity index (χ0) is 24.7. The molecule has 2 heterocycles. The highest BCUT2D eigenvalue weighted by Crippen LogP contribution is 2.30. The Hall–Kier alpha value is -4.42. The van der Waals surface area contributed by atoms with Gasteiger partial charge in [-0.1, -0.05) is 6.07 Å². The van der Waals surface area contributed by atoms with E-state index in [1.54, 1.807) is 12.1 Å². The second-order valence-electron chi connectivity index (χ2n) is 7.57. The second kappa shape index (κ2) is 8.42. The van der Waals surface area contributed by atoms with Crippen LogP contribution in [0.5, 0.6) is 0 Å². The second-order valence-corrected chi connectivity index (χ2v) is 8.99. The Kier molecular flexibility index (Phi) is 5.38. The highest BCUT2D eigenvalue weighted by molar-refractivity contribution is 7.85. The van der Waals surface area contributed by atoms with Gasteiger partial charge in [0.15, 0.2) is 5.69 Å². The van der Waals surface area contributed by atoms with Gasteiger partial charge in [-0.25, -0.2) is 13.9 Å². The number of halogens is 1. The van der Waals surface area contributed by atoms with Crippen molar-refractivity contribution in [3.63, 3.8) is 0 Å². The van der Waals surface area contributed by atoms with Gasteiger partial charge in [0.25, 0.3) is 15.7 Å². The van der Waals surface area contributed by atoms with Crippen LogP contribution in [0.3, 0.4) is 0 Å². The predicted molar refractivity (Wildman–Crippen MR) is 121 cm³/mol. The molecule has 0 aliphatic carbocycles. The number of carbonyl (C=O) groups excluding carboxylic acids is 1. The number of nitrogens with one attached hydrogen (secondary N) is 1. The number of fused-ring (bicyclic) bond motifs is 1. The average Bonchev–Trinajstić information content (AvgIpc) is 3.37. The van der Waals surface area contributed by atoms with Crippen molar-refractivity contribution in [1.29, 1.82) is 0 Å². The quantitative estimate of drug-likeness (QED) is 0.240. The third kappa shape index (κ3) is 4.27. The van der Waals surface area contributed by atoms with E-state index < -0.39 is 27.5 Å². The molecule has 4 aromatic rings. The van der Waals surface area contributed by atoms with Gasteiger partial charge in [-0.15, -0.1) is 5.11 Å². The molecule has 1 aliphatic heterocycles. The summed E-state index contributed by atoms with van der Waals surface area (Å²) in [6, 6.07) is 15.1. The van der Waals surface area contributed by atoms with E-state index in [2.05, 4.69) is 15.3 Å². The number of azo groups is 1. The van der Waals surface area contributed by atoms with Crippen molar-refractivity contribution in [2.24, 2.45) is 10.2 Å². The van der Waals surface area contributed by atoms with Crippen molar-refractivity contribution < 1.29 is 26.9 Å². The van der Waals surface area contributed by atoms with Crippen LogP contribution in [0.15, 0.2) is 86.6 Å². The highest BCUT2D eigenvalue weighted by Gasteiger charge is 2.23. The Bertz CT molecular complexity index is 1660. The summed E-state index contributed by atoms with van der Waals surface area (Å²) in [5.41, 5.74) is 1.63. The van der Waals surface area contributed by atoms with Gasteiger partial charge in [0, 0.05) is 11.1 Å². The lowest BCUT2D eigenvalue weighted by molar-refractivity contribution is 0.0535. The number of cyclic esters (lactones) is 1. The molecule has 1 aliphatic rings. The Morgan fingerprint density at radius 3 is 2.37 bits per heavy atom. The number of H-pyrrole nitrogens is 1. The summed E-state index contributed by atoms with van der Waals surface area (Å²) in [5.74, 6) is -0.955. The minimum absolute atomic E-state index is 0.0986. The maximum absolute atomic E-state index is 13.5. The van der Waals surface area contributed by atoms with Crippen LogP contribution < -0.4 is 5.56 Å². The van der Waals surface area contributed by atoms with Crippen molar-refractivity contribution >= 4 is 27.5 Å². The summed E-state index contributed by atoms with van der Waals surface area (Å²) in [7, 11) is -4.37. The summed E-state index contributed by atoms with van der Waals surface area (Å²) in [6.45, 7) is 0.157. The van der Waals surface area contributed by atoms with Crippen LogP contribution in [0.1, 0.15) is 15.9 Å². The smallest absolute Gasteiger partial charge is 0.338 e. The standard InChI is InChI=1S/C23H15FN4O6S/c24-15-4-1-13(2-5-15)20-21(26-25-16-6-9-18(10-7-16)35(31,32)33)22(29)28(27-20)17-8-3-14-12-34-23(30)19(14)11-17/h1-11,27H,12H2,(H,31,32,33). The van der Waals surface area contributed by atoms with Gasteiger partial charge in [-0.3, -0.25) is 14.4 Å². The molecule has 10 nitrogen and oxygen atoms in total. The largest absolute Gasteiger partial charge is 0.457 e. The Labute approximate surface area is 197 Å². The molecule has 2 N–H and O–H groups in total. The minimum Gasteiger partial charge on any atom is -0.457 e. The first-order valence-corrected chi connectivity index (χ1v) is 11.6. The number of hydrogen-bond donors (Lipinski definition) is 2. The molecule has 0 saturated carbocycles. The molecule has 35 heavy (non-hydrogen) atoms. The fraction of sp³-hybridized carbons (Fsp3) is 0.0435. The third-order valence-electron chi connectivity index (χ3n) is 5.33. The first kappa shape index (κ1) is 22.4. The van der Waals surface area contributed by atoms with E-state index in [1.165, 1.54) is 47.1 Å². The SMILES string of the molecule is O=C1OCc2ccc(-n3[nH]c(-c4ccc(F)cc4)c(N=Nc4ccc(S(=O)(=O)O)cc4)c3=O)cc21. The Morgan fingerprint density at radius 1 is 0.971 bits per heavy atom. The van der Waals surface area contributed by atoms with Gasteiger partial charge in [0.2, 0.25) is 0 Å². The number of hydrogen-bond acceptors (Lipinski definition) is 7. The Morgan fingerprint density at radius 2 is 1.69 bits per heavy atom. The van der Waals surface area contributed by atoms with Crippen LogP contribution in [0.4, 0.5) is 15.8 Å². The monoisotopic (exact) mass is 494 g/mol. The maximum atomic E-state index is 13.5. The summed E-state index contributed by atoms with van der Waals surface area (Å²) in [6.07, 6.45) is 0. The van der Waals surface area contributed by atoms with E-state index >= 15 is 0 Å². The first-order valence-electron chi connectivity index (χ1n) is 10.1. The predicted octanol–water partition coefficient (Wildman–Crippen LogP) is 4.30. The number of ether oxygens (including phenoxy) is 1. The third-order valence-corrected chi connectivity index (χ3v) is 6.20. The molecule has 5 rings (SSSR count). The summed E-state index contributed by atoms with van der Waals surface area (Å²) >= 11 is 0. The molecule has 1 aromatic heterocycles. The normalized spacial score (nSPS) is 13.3. The van der Waals surface area contributed by atoms with Gasteiger partial charge in [0.05, 0.1) is 27.5 Å². The van der Waals surface area contributed by atoms with Crippen molar-refractivity contribution in [2.75, 3.05) is 0 Å². The summed E-state index contributed by atoms with van der Waals surface area (Å²) < 4.78 is 51.2. The lowest BCUT2D eigenvalue weighted by Crippen LogP contribution is -2.14. The van der Waals surface area contributed by atoms with E-state index in [-0.39, 0.29) is 28.6 Å². The molecular formula is C23H15FN4O6S. The van der Waals surface area contributed by atoms with Gasteiger partial charge < -0.3 is 4.74 Å². The van der Waals surface area contributed by atoms with Crippen molar-refractivity contribution in [1.82, 2.24) is 9.78 Å². The first-order chi connectivity index (χ1) is 16.7. The van der Waals surface area contributed by atoms with Crippen LogP contribution in [-0.2, 0) is 21.5 Å². The fourth-order valence-electron chi connectivity index (χ4n) is 3.55. The molecule has 0 amide bonds. The molecule has 0 atom stereocenters. The number of nitrogens with zero attached hydrogens (tertiary/aromatic N) is 3. The molecule has 0 bridgehead atoms. The van der Waals surface area contributed by atoms with E-state index in [9.17, 15) is 22.4 Å². The average molecular weight is 494 g/mol. The lowest BCUT2D eigenvalue weighted by atomic mass is 10.1. The summed E-state index contributed by atoms with van der Waals surface area (Å²) in [4.78, 5) is 24.9. The molecule has 12 heteroatoms. The number of carbonyl (C=O) groups is 1. The van der Waals surface area contributed by atoms with E-state index in [1.807, 2.05) is 0 Å². The van der Waals surface area contributed by atoms with Crippen molar-refractivity contribution in [3.8, 4) is 16.9 Å². The highest BCUT2D eigenvalue weighted by atomic mass is 32.2. The van der Waals surface area contributed by atoms with Crippen LogP contribution in [0.25, 0.3) is 16.9 Å². The zero-order valence-electron chi connectivity index (χ0n) is 17.7. The Balaban J connectivity index is 1.61. The maximum Gasteiger partial charge on any atom is 0.338 e. The van der Waals surface area contributed by atoms with Gasteiger partial charge >= 0.3 is 5.97 Å². The van der Waals surface area contributed by atoms with Crippen molar-refractivity contribution in [3.05, 3.63) is 94.0 Å². The van der Waals surface area contributed by atoms with Crippen LogP contribution in [-0.4, -0.2) is 28.7 Å². The number of esters is 1. The molecule has 176 valence electrons. The number of benzene rings is 3. The molecule has 3 aromatic carbocycles. The van der Waals surface area contributed by atoms with E-state index in [0.717, 1.165) is 12.1 Å². The molecule has 0 spiro atoms. The van der Waals surface area contributed by atoms with Crippen molar-refractivity contribution in [2.45, 2.75) is 11.5 Å². The molecule has 0 fully saturated rings. The molecule has 0 saturated heterocycles. The van der Waals surface area contributed by atoms with E-state index in [4.69, 9.17) is 9.29 Å². The van der Waals surface area contributed by atoms with Gasteiger partial charge in [-0.2, -0.15) is 13.5 Å². The fourth-order valence-corrected chi connectivity index (χ4v) is 4.03. The van der Waals surface area contributed by atoms with Gasteiger partial charge in [-0.05, 0) is 60.7 Å². The molecule has 0 radical (unpaired) electrons. The topological polar surface area (TPSA) is 143 Å². The van der Waals surface area contributed by atoms with Crippen LogP contribution in [0, 0.1) is 5.82 Å².